The van der Waals surface area contributed by atoms with Crippen LogP contribution in [-0.4, -0.2) is 33.6 Å². The highest BCUT2D eigenvalue weighted by Gasteiger charge is 2.26. The molecule has 0 spiro atoms. The van der Waals surface area contributed by atoms with E-state index in [1.165, 1.54) is 32.2 Å². The predicted octanol–water partition coefficient (Wildman–Crippen LogP) is 4.38. The Bertz CT molecular complexity index is 1130. The van der Waals surface area contributed by atoms with Gasteiger partial charge in [-0.2, -0.15) is 0 Å². The molecule has 162 valence electrons. The van der Waals surface area contributed by atoms with Crippen LogP contribution in [0.15, 0.2) is 34.9 Å². The Hall–Kier alpha value is -3.55. The van der Waals surface area contributed by atoms with Crippen LogP contribution < -0.4 is 0 Å². The van der Waals surface area contributed by atoms with Gasteiger partial charge in [0.1, 0.15) is 5.82 Å². The van der Waals surface area contributed by atoms with Crippen LogP contribution in [0, 0.1) is 19.7 Å². The van der Waals surface area contributed by atoms with Crippen LogP contribution in [0.4, 0.5) is 4.39 Å². The molecule has 0 radical (unpaired) electrons. The zero-order valence-electron chi connectivity index (χ0n) is 17.7. The number of carbonyl (C=O) groups excluding carboxylic acids is 3. The number of halogens is 1. The highest BCUT2D eigenvalue weighted by atomic mass is 19.1. The van der Waals surface area contributed by atoms with Gasteiger partial charge < -0.3 is 14.1 Å². The van der Waals surface area contributed by atoms with Gasteiger partial charge in [-0.15, -0.1) is 0 Å². The molecule has 2 aromatic heterocycles. The molecule has 1 atom stereocenters. The molecule has 3 aromatic rings. The van der Waals surface area contributed by atoms with E-state index in [4.69, 9.17) is 9.15 Å². The number of ketones is 2. The number of nitrogens with one attached hydrogen (secondary N) is 1. The molecular formula is C23H23FN2O5. The SMILES string of the molecule is CC(=O)c1c(C)[nH]c(C(=O)C(C)OC(=O)CCc2ncc(-c3ccc(F)cc3)o2)c1C. The number of aromatic amines is 1. The van der Waals surface area contributed by atoms with E-state index in [1.807, 2.05) is 0 Å². The lowest BCUT2D eigenvalue weighted by atomic mass is 10.0. The lowest BCUT2D eigenvalue weighted by Crippen LogP contribution is -2.25. The van der Waals surface area contributed by atoms with Gasteiger partial charge in [0.15, 0.2) is 23.5 Å². The second kappa shape index (κ2) is 9.07. The molecule has 8 heteroatoms. The number of aromatic nitrogens is 2. The van der Waals surface area contributed by atoms with Gasteiger partial charge in [-0.1, -0.05) is 0 Å². The van der Waals surface area contributed by atoms with Crippen LogP contribution in [0.5, 0.6) is 0 Å². The van der Waals surface area contributed by atoms with Crippen molar-refractivity contribution in [2.45, 2.75) is 46.6 Å². The first-order valence-corrected chi connectivity index (χ1v) is 9.81. The van der Waals surface area contributed by atoms with Gasteiger partial charge in [-0.3, -0.25) is 14.4 Å². The lowest BCUT2D eigenvalue weighted by molar-refractivity contribution is -0.146. The van der Waals surface area contributed by atoms with Crippen LogP contribution in [0.1, 0.15) is 58.3 Å². The van der Waals surface area contributed by atoms with E-state index in [-0.39, 0.29) is 30.1 Å². The van der Waals surface area contributed by atoms with Gasteiger partial charge in [0.25, 0.3) is 0 Å². The van der Waals surface area contributed by atoms with E-state index in [2.05, 4.69) is 9.97 Å². The maximum Gasteiger partial charge on any atom is 0.307 e. The monoisotopic (exact) mass is 426 g/mol. The molecule has 0 amide bonds. The molecule has 0 fully saturated rings. The average molecular weight is 426 g/mol. The Kier molecular flexibility index (Phi) is 6.48. The summed E-state index contributed by atoms with van der Waals surface area (Å²) in [7, 11) is 0. The van der Waals surface area contributed by atoms with E-state index < -0.39 is 17.9 Å². The number of ether oxygens (including phenoxy) is 1. The summed E-state index contributed by atoms with van der Waals surface area (Å²) >= 11 is 0. The molecule has 3 rings (SSSR count). The number of aryl methyl sites for hydroxylation is 2. The summed E-state index contributed by atoms with van der Waals surface area (Å²) in [6.45, 7) is 6.32. The molecule has 0 aliphatic rings. The highest BCUT2D eigenvalue weighted by Crippen LogP contribution is 2.22. The summed E-state index contributed by atoms with van der Waals surface area (Å²) in [6.07, 6.45) is 0.657. The van der Waals surface area contributed by atoms with Crippen molar-refractivity contribution in [2.75, 3.05) is 0 Å². The summed E-state index contributed by atoms with van der Waals surface area (Å²) in [6, 6.07) is 5.78. The minimum Gasteiger partial charge on any atom is -0.454 e. The number of esters is 1. The van der Waals surface area contributed by atoms with Gasteiger partial charge in [-0.25, -0.2) is 9.37 Å². The average Bonchev–Trinajstić information content (AvgIpc) is 3.30. The van der Waals surface area contributed by atoms with Gasteiger partial charge in [0.05, 0.1) is 18.3 Å². The lowest BCUT2D eigenvalue weighted by Gasteiger charge is -2.12. The normalized spacial score (nSPS) is 11.9. The van der Waals surface area contributed by atoms with Crippen molar-refractivity contribution in [1.82, 2.24) is 9.97 Å². The summed E-state index contributed by atoms with van der Waals surface area (Å²) in [5.41, 5.74) is 2.56. The van der Waals surface area contributed by atoms with Gasteiger partial charge in [-0.05, 0) is 57.5 Å². The first-order valence-electron chi connectivity index (χ1n) is 9.81. The number of oxazole rings is 1. The minimum absolute atomic E-state index is 0.0254. The molecule has 0 saturated carbocycles. The molecule has 1 aromatic carbocycles. The summed E-state index contributed by atoms with van der Waals surface area (Å²) in [4.78, 5) is 43.6. The number of hydrogen-bond acceptors (Lipinski definition) is 6. The minimum atomic E-state index is -1.01. The molecule has 0 saturated heterocycles. The molecule has 0 aliphatic heterocycles. The molecule has 7 nitrogen and oxygen atoms in total. The van der Waals surface area contributed by atoms with Gasteiger partial charge in [0, 0.05) is 23.2 Å². The first kappa shape index (κ1) is 22.1. The fourth-order valence-corrected chi connectivity index (χ4v) is 3.42. The zero-order chi connectivity index (χ0) is 22.7. The fraction of sp³-hybridized carbons (Fsp3) is 0.304. The second-order valence-electron chi connectivity index (χ2n) is 7.30. The third-order valence-electron chi connectivity index (χ3n) is 4.94. The molecular weight excluding hydrogens is 403 g/mol. The molecule has 1 N–H and O–H groups in total. The smallest absolute Gasteiger partial charge is 0.307 e. The maximum atomic E-state index is 13.0. The van der Waals surface area contributed by atoms with E-state index in [9.17, 15) is 18.8 Å². The summed E-state index contributed by atoms with van der Waals surface area (Å²) < 4.78 is 23.9. The van der Waals surface area contributed by atoms with Gasteiger partial charge >= 0.3 is 5.97 Å². The Balaban J connectivity index is 1.57. The quantitative estimate of drug-likeness (QED) is 0.424. The standard InChI is InChI=1S/C23H23FN2O5/c1-12-21(14(3)27)13(2)26-22(12)23(29)15(4)30-20(28)10-9-19-25-11-18(31-19)16-5-7-17(24)8-6-16/h5-8,11,15,26H,9-10H2,1-4H3. The van der Waals surface area contributed by atoms with Crippen LogP contribution in [0.25, 0.3) is 11.3 Å². The third kappa shape index (κ3) is 4.96. The van der Waals surface area contributed by atoms with Crippen molar-refractivity contribution in [3.05, 3.63) is 64.7 Å². The highest BCUT2D eigenvalue weighted by molar-refractivity contribution is 6.05. The van der Waals surface area contributed by atoms with E-state index in [0.29, 0.717) is 34.0 Å². The Labute approximate surface area is 178 Å². The number of rotatable bonds is 8. The summed E-state index contributed by atoms with van der Waals surface area (Å²) in [5.74, 6) is -0.674. The van der Waals surface area contributed by atoms with E-state index >= 15 is 0 Å². The van der Waals surface area contributed by atoms with Crippen molar-refractivity contribution in [3.63, 3.8) is 0 Å². The molecule has 31 heavy (non-hydrogen) atoms. The zero-order valence-corrected chi connectivity index (χ0v) is 17.7. The Morgan fingerprint density at radius 2 is 1.87 bits per heavy atom. The van der Waals surface area contributed by atoms with Crippen LogP contribution in [0.2, 0.25) is 0 Å². The second-order valence-corrected chi connectivity index (χ2v) is 7.30. The van der Waals surface area contributed by atoms with E-state index in [1.54, 1.807) is 26.0 Å². The summed E-state index contributed by atoms with van der Waals surface area (Å²) in [5, 5.41) is 0. The van der Waals surface area contributed by atoms with Crippen molar-refractivity contribution >= 4 is 17.5 Å². The topological polar surface area (TPSA) is 102 Å². The van der Waals surface area contributed by atoms with E-state index in [0.717, 1.165) is 0 Å². The number of carbonyl (C=O) groups is 3. The maximum absolute atomic E-state index is 13.0. The largest absolute Gasteiger partial charge is 0.454 e. The Morgan fingerprint density at radius 1 is 1.19 bits per heavy atom. The van der Waals surface area contributed by atoms with Crippen molar-refractivity contribution in [1.29, 1.82) is 0 Å². The van der Waals surface area contributed by atoms with Crippen molar-refractivity contribution in [3.8, 4) is 11.3 Å². The van der Waals surface area contributed by atoms with Crippen molar-refractivity contribution in [2.24, 2.45) is 0 Å². The van der Waals surface area contributed by atoms with Crippen molar-refractivity contribution < 1.29 is 27.9 Å². The van der Waals surface area contributed by atoms with Gasteiger partial charge in [0.2, 0.25) is 5.78 Å². The number of Topliss-reactive ketones (excluding diaryl/α,β-unsaturated/α-hetero) is 2. The number of nitrogens with zero attached hydrogens (tertiary/aromatic N) is 1. The Morgan fingerprint density at radius 3 is 2.48 bits per heavy atom. The first-order chi connectivity index (χ1) is 14.7. The molecule has 0 bridgehead atoms. The third-order valence-corrected chi connectivity index (χ3v) is 4.94. The van der Waals surface area contributed by atoms with Crippen LogP contribution >= 0.6 is 0 Å². The van der Waals surface area contributed by atoms with Crippen LogP contribution in [0.3, 0.4) is 0 Å². The number of H-pyrrole nitrogens is 1. The van der Waals surface area contributed by atoms with Crippen LogP contribution in [-0.2, 0) is 16.0 Å². The number of hydrogen-bond donors (Lipinski definition) is 1. The molecule has 1 unspecified atom stereocenters. The molecule has 0 aliphatic carbocycles. The fourth-order valence-electron chi connectivity index (χ4n) is 3.42. The molecule has 2 heterocycles. The predicted molar refractivity (Wildman–Crippen MR) is 110 cm³/mol. The number of benzene rings is 1.